The number of nitrogens with zero attached hydrogens (tertiary/aromatic N) is 3. The molecule has 6 rings (SSSR count). The fourth-order valence-corrected chi connectivity index (χ4v) is 6.77. The van der Waals surface area contributed by atoms with E-state index in [2.05, 4.69) is 30.3 Å². The number of alkyl halides is 3. The Morgan fingerprint density at radius 3 is 2.57 bits per heavy atom. The molecule has 244 valence electrons. The van der Waals surface area contributed by atoms with Crippen molar-refractivity contribution in [3.63, 3.8) is 0 Å². The Kier molecular flexibility index (Phi) is 8.97. The lowest BCUT2D eigenvalue weighted by Gasteiger charge is -2.23. The van der Waals surface area contributed by atoms with Crippen LogP contribution in [0.4, 0.5) is 29.2 Å². The molecule has 0 aliphatic carbocycles. The molecule has 2 aromatic heterocycles. The zero-order valence-corrected chi connectivity index (χ0v) is 25.9. The topological polar surface area (TPSA) is 118 Å². The summed E-state index contributed by atoms with van der Waals surface area (Å²) in [5.74, 6) is -0.989. The van der Waals surface area contributed by atoms with Crippen molar-refractivity contribution in [1.82, 2.24) is 20.3 Å². The van der Waals surface area contributed by atoms with Crippen LogP contribution in [0.25, 0.3) is 22.0 Å². The highest BCUT2D eigenvalue weighted by Gasteiger charge is 2.34. The van der Waals surface area contributed by atoms with Crippen molar-refractivity contribution in [1.29, 1.82) is 0 Å². The number of benzene rings is 3. The van der Waals surface area contributed by atoms with Gasteiger partial charge >= 0.3 is 6.18 Å². The van der Waals surface area contributed by atoms with Gasteiger partial charge in [0.05, 0.1) is 28.3 Å². The van der Waals surface area contributed by atoms with Crippen LogP contribution >= 0.6 is 0 Å². The lowest BCUT2D eigenvalue weighted by atomic mass is 10.0. The Morgan fingerprint density at radius 1 is 0.979 bits per heavy atom. The average molecular weight is 667 g/mol. The van der Waals surface area contributed by atoms with E-state index in [1.807, 2.05) is 0 Å². The number of pyridine rings is 1. The third-order valence-corrected chi connectivity index (χ3v) is 8.96. The highest BCUT2D eigenvalue weighted by atomic mass is 32.2. The lowest BCUT2D eigenvalue weighted by Crippen LogP contribution is -2.38. The Labute approximate surface area is 268 Å². The first-order valence-electron chi connectivity index (χ1n) is 14.8. The summed E-state index contributed by atoms with van der Waals surface area (Å²) >= 11 is 0. The number of rotatable bonds is 9. The number of nitrogens with one attached hydrogen (secondary N) is 3. The van der Waals surface area contributed by atoms with Gasteiger partial charge in [-0.1, -0.05) is 30.3 Å². The van der Waals surface area contributed by atoms with E-state index in [0.717, 1.165) is 44.1 Å². The van der Waals surface area contributed by atoms with Gasteiger partial charge in [0.1, 0.15) is 11.6 Å². The summed E-state index contributed by atoms with van der Waals surface area (Å²) in [5.41, 5.74) is -0.216. The quantitative estimate of drug-likeness (QED) is 0.143. The fourth-order valence-electron chi connectivity index (χ4n) is 5.52. The van der Waals surface area contributed by atoms with Crippen LogP contribution in [0.3, 0.4) is 0 Å². The van der Waals surface area contributed by atoms with Crippen LogP contribution in [0.2, 0.25) is 0 Å². The molecule has 3 aromatic carbocycles. The third-order valence-electron chi connectivity index (χ3n) is 7.75. The maximum atomic E-state index is 15.2. The van der Waals surface area contributed by atoms with Gasteiger partial charge < -0.3 is 15.4 Å². The van der Waals surface area contributed by atoms with Crippen LogP contribution in [0.5, 0.6) is 11.6 Å². The van der Waals surface area contributed by atoms with Gasteiger partial charge in [-0.25, -0.2) is 27.8 Å². The summed E-state index contributed by atoms with van der Waals surface area (Å²) in [6, 6.07) is 15.4. The van der Waals surface area contributed by atoms with Crippen LogP contribution in [0.15, 0.2) is 79.1 Å². The Morgan fingerprint density at radius 2 is 1.79 bits per heavy atom. The van der Waals surface area contributed by atoms with Gasteiger partial charge in [-0.3, -0.25) is 4.72 Å². The summed E-state index contributed by atoms with van der Waals surface area (Å²) in [5, 5.41) is 7.20. The summed E-state index contributed by atoms with van der Waals surface area (Å²) in [7, 11) is -4.49. The minimum Gasteiger partial charge on any atom is -0.437 e. The van der Waals surface area contributed by atoms with Crippen molar-refractivity contribution < 1.29 is 30.7 Å². The van der Waals surface area contributed by atoms with Gasteiger partial charge in [0.15, 0.2) is 0 Å². The maximum Gasteiger partial charge on any atom is 0.416 e. The molecule has 1 aliphatic heterocycles. The van der Waals surface area contributed by atoms with E-state index in [9.17, 15) is 21.6 Å². The van der Waals surface area contributed by atoms with E-state index in [1.54, 1.807) is 43.6 Å². The van der Waals surface area contributed by atoms with Crippen LogP contribution in [-0.4, -0.2) is 42.5 Å². The van der Waals surface area contributed by atoms with Crippen LogP contribution in [-0.2, 0) is 22.0 Å². The van der Waals surface area contributed by atoms with Crippen molar-refractivity contribution in [3.8, 4) is 22.9 Å². The van der Waals surface area contributed by atoms with Crippen molar-refractivity contribution >= 4 is 32.4 Å². The molecule has 1 unspecified atom stereocenters. The molecule has 3 N–H and O–H groups in total. The zero-order chi connectivity index (χ0) is 33.2. The summed E-state index contributed by atoms with van der Waals surface area (Å²) in [6.45, 7) is 3.54. The van der Waals surface area contributed by atoms with Gasteiger partial charge in [-0.2, -0.15) is 13.2 Å². The molecule has 9 nitrogen and oxygen atoms in total. The number of hydrogen-bond donors (Lipinski definition) is 3. The van der Waals surface area contributed by atoms with E-state index in [4.69, 9.17) is 4.74 Å². The van der Waals surface area contributed by atoms with Gasteiger partial charge in [0.25, 0.3) is 0 Å². The first-order valence-corrected chi connectivity index (χ1v) is 16.4. The van der Waals surface area contributed by atoms with Crippen molar-refractivity contribution in [2.75, 3.05) is 23.1 Å². The molecule has 0 spiro atoms. The molecule has 3 heterocycles. The molecule has 0 amide bonds. The predicted octanol–water partition coefficient (Wildman–Crippen LogP) is 7.06. The number of ether oxygens (including phenoxy) is 1. The molecule has 47 heavy (non-hydrogen) atoms. The summed E-state index contributed by atoms with van der Waals surface area (Å²) < 4.78 is 90.6. The SMILES string of the molecule is Cc1ccc2c(NS(=O)(=O)Cc3ccccc3C(F)(F)F)c(F)ccc2c1Oc1ncccc1-c1ccnc(NC2CCCNC2)n1. The molecule has 1 saturated heterocycles. The average Bonchev–Trinajstić information content (AvgIpc) is 3.04. The van der Waals surface area contributed by atoms with E-state index in [1.165, 1.54) is 24.3 Å². The lowest BCUT2D eigenvalue weighted by molar-refractivity contribution is -0.138. The summed E-state index contributed by atoms with van der Waals surface area (Å²) in [4.78, 5) is 13.5. The normalized spacial score (nSPS) is 15.4. The van der Waals surface area contributed by atoms with E-state index >= 15 is 4.39 Å². The highest BCUT2D eigenvalue weighted by molar-refractivity contribution is 7.91. The second-order valence-corrected chi connectivity index (χ2v) is 12.9. The predicted molar refractivity (Wildman–Crippen MR) is 171 cm³/mol. The number of halogens is 4. The third kappa shape index (κ3) is 7.28. The second kappa shape index (κ2) is 13.1. The highest BCUT2D eigenvalue weighted by Crippen LogP contribution is 2.40. The second-order valence-electron chi connectivity index (χ2n) is 11.2. The number of piperidine rings is 1. The molecule has 1 aliphatic rings. The molecule has 14 heteroatoms. The largest absolute Gasteiger partial charge is 0.437 e. The minimum absolute atomic E-state index is 0.144. The van der Waals surface area contributed by atoms with Gasteiger partial charge in [0, 0.05) is 35.8 Å². The molecule has 0 bridgehead atoms. The Balaban J connectivity index is 1.33. The Bertz CT molecular complexity index is 2040. The molecular formula is C33H30F4N6O3S. The van der Waals surface area contributed by atoms with Crippen molar-refractivity contribution in [3.05, 3.63) is 102 Å². The fraction of sp³-hybridized carbons (Fsp3) is 0.242. The number of aryl methyl sites for hydroxylation is 1. The van der Waals surface area contributed by atoms with Gasteiger partial charge in [-0.15, -0.1) is 0 Å². The van der Waals surface area contributed by atoms with Crippen LogP contribution < -0.4 is 20.1 Å². The maximum absolute atomic E-state index is 15.2. The van der Waals surface area contributed by atoms with Crippen molar-refractivity contribution in [2.24, 2.45) is 0 Å². The molecule has 5 aromatic rings. The van der Waals surface area contributed by atoms with Crippen LogP contribution in [0.1, 0.15) is 29.5 Å². The van der Waals surface area contributed by atoms with Gasteiger partial charge in [0.2, 0.25) is 21.9 Å². The van der Waals surface area contributed by atoms with Crippen LogP contribution in [0, 0.1) is 12.7 Å². The summed E-state index contributed by atoms with van der Waals surface area (Å²) in [6.07, 6.45) is 0.450. The van der Waals surface area contributed by atoms with Gasteiger partial charge in [-0.05, 0) is 73.8 Å². The molecule has 1 atom stereocenters. The first kappa shape index (κ1) is 32.1. The van der Waals surface area contributed by atoms with E-state index < -0.39 is 44.6 Å². The van der Waals surface area contributed by atoms with E-state index in [-0.39, 0.29) is 23.1 Å². The standard InChI is InChI=1S/C33H30F4N6O3S/c1-20-10-11-23-24(12-13-27(34)29(23)43-47(44,45)19-21-6-2-3-9-26(21)33(35,36)37)30(20)46-31-25(8-5-16-39-31)28-14-17-40-32(42-28)41-22-7-4-15-38-18-22/h2-3,5-6,8-14,16-17,22,38,43H,4,7,15,18-19H2,1H3,(H,40,41,42). The monoisotopic (exact) mass is 666 g/mol. The Hall–Kier alpha value is -4.82. The minimum atomic E-state index is -4.76. The molecule has 0 saturated carbocycles. The number of hydrogen-bond acceptors (Lipinski definition) is 8. The molecular weight excluding hydrogens is 636 g/mol. The number of fused-ring (bicyclic) bond motifs is 1. The van der Waals surface area contributed by atoms with Crippen molar-refractivity contribution in [2.45, 2.75) is 37.7 Å². The molecule has 1 fully saturated rings. The smallest absolute Gasteiger partial charge is 0.416 e. The number of aromatic nitrogens is 3. The zero-order valence-electron chi connectivity index (χ0n) is 25.1. The first-order chi connectivity index (χ1) is 22.5. The molecule has 0 radical (unpaired) electrons. The number of anilines is 2. The number of sulfonamides is 1. The van der Waals surface area contributed by atoms with E-state index in [0.29, 0.717) is 28.2 Å².